The summed E-state index contributed by atoms with van der Waals surface area (Å²) >= 11 is 6.07. The van der Waals surface area contributed by atoms with Gasteiger partial charge in [0, 0.05) is 19.0 Å². The van der Waals surface area contributed by atoms with Crippen molar-refractivity contribution in [1.29, 1.82) is 0 Å². The predicted octanol–water partition coefficient (Wildman–Crippen LogP) is 2.63. The third-order valence-corrected chi connectivity index (χ3v) is 3.81. The van der Waals surface area contributed by atoms with Crippen molar-refractivity contribution in [3.05, 3.63) is 23.2 Å². The highest BCUT2D eigenvalue weighted by Crippen LogP contribution is 2.26. The highest BCUT2D eigenvalue weighted by molar-refractivity contribution is 6.34. The van der Waals surface area contributed by atoms with Crippen LogP contribution in [-0.4, -0.2) is 24.9 Å². The van der Waals surface area contributed by atoms with Crippen LogP contribution in [0.4, 0.5) is 11.4 Å². The molecule has 1 saturated heterocycles. The van der Waals surface area contributed by atoms with Gasteiger partial charge in [0.1, 0.15) is 0 Å². The Bertz CT molecular complexity index is 528. The first kappa shape index (κ1) is 15.8. The molecule has 0 atom stereocenters. The lowest BCUT2D eigenvalue weighted by Crippen LogP contribution is -2.30. The fourth-order valence-corrected chi connectivity index (χ4v) is 2.67. The van der Waals surface area contributed by atoms with Crippen molar-refractivity contribution in [2.45, 2.75) is 26.2 Å². The molecule has 0 aromatic heterocycles. The van der Waals surface area contributed by atoms with Crippen molar-refractivity contribution in [3.63, 3.8) is 0 Å². The number of benzene rings is 1. The van der Waals surface area contributed by atoms with E-state index in [9.17, 15) is 9.59 Å². The summed E-state index contributed by atoms with van der Waals surface area (Å²) in [5.74, 6) is 0.269. The van der Waals surface area contributed by atoms with Crippen LogP contribution < -0.4 is 16.0 Å². The van der Waals surface area contributed by atoms with E-state index in [1.165, 1.54) is 6.92 Å². The van der Waals surface area contributed by atoms with E-state index in [-0.39, 0.29) is 11.8 Å². The lowest BCUT2D eigenvalue weighted by Gasteiger charge is -2.22. The summed E-state index contributed by atoms with van der Waals surface area (Å²) in [4.78, 5) is 23.0. The molecule has 114 valence electrons. The van der Waals surface area contributed by atoms with Crippen LogP contribution in [0.15, 0.2) is 18.2 Å². The second kappa shape index (κ2) is 7.43. The normalized spacial score (nSPS) is 15.5. The molecule has 1 heterocycles. The Hall–Kier alpha value is -1.59. The first-order valence-corrected chi connectivity index (χ1v) is 7.50. The number of halogens is 1. The minimum atomic E-state index is -0.181. The SMILES string of the molecule is CC(=O)Nc1ccc(NC(=O)CC2CCNCC2)cc1Cl. The molecule has 0 aliphatic carbocycles. The largest absolute Gasteiger partial charge is 0.326 e. The van der Waals surface area contributed by atoms with E-state index < -0.39 is 0 Å². The van der Waals surface area contributed by atoms with Crippen LogP contribution in [0.3, 0.4) is 0 Å². The van der Waals surface area contributed by atoms with Crippen LogP contribution in [0.2, 0.25) is 5.02 Å². The number of nitrogens with one attached hydrogen (secondary N) is 3. The van der Waals surface area contributed by atoms with Gasteiger partial charge in [0.2, 0.25) is 11.8 Å². The van der Waals surface area contributed by atoms with Crippen molar-refractivity contribution < 1.29 is 9.59 Å². The number of carbonyl (C=O) groups is 2. The summed E-state index contributed by atoms with van der Waals surface area (Å²) in [6.07, 6.45) is 2.61. The summed E-state index contributed by atoms with van der Waals surface area (Å²) in [6.45, 7) is 3.38. The van der Waals surface area contributed by atoms with Crippen LogP contribution in [0.25, 0.3) is 0 Å². The van der Waals surface area contributed by atoms with Crippen LogP contribution in [0.5, 0.6) is 0 Å². The van der Waals surface area contributed by atoms with Crippen molar-refractivity contribution in [1.82, 2.24) is 5.32 Å². The number of hydrogen-bond donors (Lipinski definition) is 3. The second-order valence-electron chi connectivity index (χ2n) is 5.32. The molecule has 2 rings (SSSR count). The third-order valence-electron chi connectivity index (χ3n) is 3.50. The molecule has 0 unspecified atom stereocenters. The maximum Gasteiger partial charge on any atom is 0.224 e. The van der Waals surface area contributed by atoms with E-state index in [1.807, 2.05) is 0 Å². The number of carbonyl (C=O) groups excluding carboxylic acids is 2. The van der Waals surface area contributed by atoms with Gasteiger partial charge in [-0.1, -0.05) is 11.6 Å². The minimum Gasteiger partial charge on any atom is -0.326 e. The molecule has 5 nitrogen and oxygen atoms in total. The Morgan fingerprint density at radius 1 is 1.29 bits per heavy atom. The van der Waals surface area contributed by atoms with E-state index >= 15 is 0 Å². The number of rotatable bonds is 4. The monoisotopic (exact) mass is 309 g/mol. The molecule has 0 saturated carbocycles. The van der Waals surface area contributed by atoms with Crippen LogP contribution in [-0.2, 0) is 9.59 Å². The predicted molar refractivity (Wildman–Crippen MR) is 84.6 cm³/mol. The molecule has 21 heavy (non-hydrogen) atoms. The molecule has 1 aromatic rings. The Morgan fingerprint density at radius 2 is 2.00 bits per heavy atom. The fourth-order valence-electron chi connectivity index (χ4n) is 2.44. The van der Waals surface area contributed by atoms with Crippen molar-refractivity contribution in [2.75, 3.05) is 23.7 Å². The number of amides is 2. The van der Waals surface area contributed by atoms with Gasteiger partial charge in [0.05, 0.1) is 10.7 Å². The zero-order valence-corrected chi connectivity index (χ0v) is 12.8. The topological polar surface area (TPSA) is 70.2 Å². The first-order valence-electron chi connectivity index (χ1n) is 7.12. The molecule has 0 radical (unpaired) electrons. The molecule has 0 spiro atoms. The van der Waals surface area contributed by atoms with Gasteiger partial charge >= 0.3 is 0 Å². The molecule has 1 aromatic carbocycles. The summed E-state index contributed by atoms with van der Waals surface area (Å²) in [5.41, 5.74) is 1.19. The lowest BCUT2D eigenvalue weighted by molar-refractivity contribution is -0.117. The summed E-state index contributed by atoms with van der Waals surface area (Å²) in [6, 6.07) is 5.06. The molecular weight excluding hydrogens is 290 g/mol. The molecule has 0 bridgehead atoms. The average molecular weight is 310 g/mol. The summed E-state index contributed by atoms with van der Waals surface area (Å²) < 4.78 is 0. The third kappa shape index (κ3) is 5.02. The highest BCUT2D eigenvalue weighted by atomic mass is 35.5. The van der Waals surface area contributed by atoms with Crippen LogP contribution in [0.1, 0.15) is 26.2 Å². The molecule has 2 amide bonds. The number of hydrogen-bond acceptors (Lipinski definition) is 3. The number of piperidine rings is 1. The smallest absolute Gasteiger partial charge is 0.224 e. The van der Waals surface area contributed by atoms with Gasteiger partial charge in [0.15, 0.2) is 0 Å². The van der Waals surface area contributed by atoms with Gasteiger partial charge in [-0.3, -0.25) is 9.59 Å². The Balaban J connectivity index is 1.91. The molecule has 3 N–H and O–H groups in total. The molecule has 1 aliphatic heterocycles. The van der Waals surface area contributed by atoms with E-state index in [4.69, 9.17) is 11.6 Å². The minimum absolute atomic E-state index is 0.00486. The van der Waals surface area contributed by atoms with Crippen LogP contribution >= 0.6 is 11.6 Å². The average Bonchev–Trinajstić information content (AvgIpc) is 2.42. The van der Waals surface area contributed by atoms with E-state index in [1.54, 1.807) is 18.2 Å². The molecule has 1 aliphatic rings. The zero-order valence-electron chi connectivity index (χ0n) is 12.0. The standard InChI is InChI=1S/C15H20ClN3O2/c1-10(20)18-14-3-2-12(9-13(14)16)19-15(21)8-11-4-6-17-7-5-11/h2-3,9,11,17H,4-8H2,1H3,(H,18,20)(H,19,21). The highest BCUT2D eigenvalue weighted by Gasteiger charge is 2.17. The maximum atomic E-state index is 12.0. The Labute approximate surface area is 129 Å². The molecule has 6 heteroatoms. The fraction of sp³-hybridized carbons (Fsp3) is 0.467. The number of anilines is 2. The van der Waals surface area contributed by atoms with Gasteiger partial charge in [0.25, 0.3) is 0 Å². The van der Waals surface area contributed by atoms with E-state index in [0.717, 1.165) is 25.9 Å². The van der Waals surface area contributed by atoms with E-state index in [2.05, 4.69) is 16.0 Å². The van der Waals surface area contributed by atoms with E-state index in [0.29, 0.717) is 28.7 Å². The van der Waals surface area contributed by atoms with Crippen LogP contribution in [0, 0.1) is 5.92 Å². The van der Waals surface area contributed by atoms with Crippen molar-refractivity contribution in [2.24, 2.45) is 5.92 Å². The lowest BCUT2D eigenvalue weighted by atomic mass is 9.94. The van der Waals surface area contributed by atoms with Gasteiger partial charge in [-0.05, 0) is 50.0 Å². The molecule has 1 fully saturated rings. The summed E-state index contributed by atoms with van der Waals surface area (Å²) in [5, 5.41) is 9.17. The van der Waals surface area contributed by atoms with Gasteiger partial charge in [-0.2, -0.15) is 0 Å². The van der Waals surface area contributed by atoms with Gasteiger partial charge < -0.3 is 16.0 Å². The quantitative estimate of drug-likeness (QED) is 0.800. The second-order valence-corrected chi connectivity index (χ2v) is 5.73. The molecular formula is C15H20ClN3O2. The first-order chi connectivity index (χ1) is 10.0. The Kier molecular flexibility index (Phi) is 5.59. The van der Waals surface area contributed by atoms with Crippen molar-refractivity contribution in [3.8, 4) is 0 Å². The summed E-state index contributed by atoms with van der Waals surface area (Å²) in [7, 11) is 0. The zero-order chi connectivity index (χ0) is 15.2. The maximum absolute atomic E-state index is 12.0. The van der Waals surface area contributed by atoms with Gasteiger partial charge in [-0.25, -0.2) is 0 Å². The van der Waals surface area contributed by atoms with Crippen molar-refractivity contribution >= 4 is 34.8 Å². The Morgan fingerprint density at radius 3 is 2.62 bits per heavy atom. The van der Waals surface area contributed by atoms with Gasteiger partial charge in [-0.15, -0.1) is 0 Å².